The third kappa shape index (κ3) is 2.78. The van der Waals surface area contributed by atoms with Crippen LogP contribution in [0.1, 0.15) is 13.3 Å². The van der Waals surface area contributed by atoms with Crippen molar-refractivity contribution in [3.63, 3.8) is 0 Å². The molecule has 0 aliphatic heterocycles. The number of pyridine rings is 1. The molecule has 0 unspecified atom stereocenters. The van der Waals surface area contributed by atoms with Gasteiger partial charge in [0.15, 0.2) is 0 Å². The van der Waals surface area contributed by atoms with E-state index in [0.29, 0.717) is 12.2 Å². The first-order chi connectivity index (χ1) is 6.65. The van der Waals surface area contributed by atoms with Crippen LogP contribution in [0.4, 0.5) is 5.82 Å². The molecule has 0 fully saturated rings. The molecule has 0 bridgehead atoms. The summed E-state index contributed by atoms with van der Waals surface area (Å²) in [6, 6.07) is 3.10. The average Bonchev–Trinajstić information content (AvgIpc) is 2.20. The van der Waals surface area contributed by atoms with Gasteiger partial charge in [-0.25, -0.2) is 4.98 Å². The first-order valence-corrected chi connectivity index (χ1v) is 5.11. The fraction of sp³-hybridized carbons (Fsp3) is 0.333. The molecule has 0 aliphatic carbocycles. The van der Waals surface area contributed by atoms with Crippen molar-refractivity contribution in [2.75, 3.05) is 5.32 Å². The Labute approximate surface area is 91.0 Å². The van der Waals surface area contributed by atoms with E-state index in [-0.39, 0.29) is 5.91 Å². The van der Waals surface area contributed by atoms with Crippen molar-refractivity contribution < 1.29 is 4.79 Å². The molecule has 1 rings (SSSR count). The number of halogens is 1. The van der Waals surface area contributed by atoms with E-state index in [1.807, 2.05) is 6.92 Å². The van der Waals surface area contributed by atoms with E-state index in [9.17, 15) is 4.79 Å². The Balaban J connectivity index is 2.70. The van der Waals surface area contributed by atoms with Crippen molar-refractivity contribution in [1.29, 1.82) is 0 Å². The number of carbonyl (C=O) groups excluding carboxylic acids is 1. The normalized spacial score (nSPS) is 12.2. The molecule has 76 valence electrons. The van der Waals surface area contributed by atoms with E-state index >= 15 is 0 Å². The summed E-state index contributed by atoms with van der Waals surface area (Å²) in [5.74, 6) is 0.285. The Bertz CT molecular complexity index is 330. The van der Waals surface area contributed by atoms with Crippen LogP contribution in [0.2, 0.25) is 0 Å². The van der Waals surface area contributed by atoms with Crippen LogP contribution >= 0.6 is 15.9 Å². The fourth-order valence-corrected chi connectivity index (χ4v) is 1.23. The number of hydrogen-bond acceptors (Lipinski definition) is 3. The number of amides is 1. The molecule has 0 aromatic carbocycles. The van der Waals surface area contributed by atoms with E-state index in [1.165, 1.54) is 0 Å². The zero-order valence-corrected chi connectivity index (χ0v) is 9.41. The molecule has 1 amide bonds. The predicted octanol–water partition coefficient (Wildman–Crippen LogP) is 1.52. The second kappa shape index (κ2) is 5.07. The second-order valence-electron chi connectivity index (χ2n) is 2.84. The van der Waals surface area contributed by atoms with E-state index in [1.54, 1.807) is 18.3 Å². The number of nitrogens with two attached hydrogens (primary N) is 1. The van der Waals surface area contributed by atoms with Crippen LogP contribution in [0.25, 0.3) is 0 Å². The molecular weight excluding hydrogens is 246 g/mol. The molecular formula is C9H12BrN3O. The summed E-state index contributed by atoms with van der Waals surface area (Å²) in [5, 5.41) is 2.64. The zero-order valence-electron chi connectivity index (χ0n) is 7.83. The number of aromatic nitrogens is 1. The van der Waals surface area contributed by atoms with E-state index in [4.69, 9.17) is 5.73 Å². The lowest BCUT2D eigenvalue weighted by atomic mass is 10.2. The predicted molar refractivity (Wildman–Crippen MR) is 58.8 cm³/mol. The van der Waals surface area contributed by atoms with Gasteiger partial charge in [0.2, 0.25) is 5.91 Å². The van der Waals surface area contributed by atoms with Crippen molar-refractivity contribution >= 4 is 27.7 Å². The van der Waals surface area contributed by atoms with Gasteiger partial charge in [0.25, 0.3) is 0 Å². The minimum atomic E-state index is -0.482. The summed E-state index contributed by atoms with van der Waals surface area (Å²) in [5.41, 5.74) is 5.56. The van der Waals surface area contributed by atoms with Crippen molar-refractivity contribution in [1.82, 2.24) is 4.98 Å². The van der Waals surface area contributed by atoms with E-state index < -0.39 is 6.04 Å². The molecule has 0 radical (unpaired) electrons. The van der Waals surface area contributed by atoms with Gasteiger partial charge in [0, 0.05) is 6.20 Å². The standard InChI is InChI=1S/C9H12BrN3O/c1-2-7(11)9(14)13-8-6(10)4-3-5-12-8/h3-5,7H,2,11H2,1H3,(H,12,13,14)/t7-/m0/s1. The third-order valence-electron chi connectivity index (χ3n) is 1.78. The molecule has 1 atom stereocenters. The van der Waals surface area contributed by atoms with Crippen molar-refractivity contribution in [2.24, 2.45) is 5.73 Å². The van der Waals surface area contributed by atoms with Gasteiger partial charge in [0.05, 0.1) is 10.5 Å². The van der Waals surface area contributed by atoms with Crippen LogP contribution in [0, 0.1) is 0 Å². The minimum Gasteiger partial charge on any atom is -0.320 e. The molecule has 0 saturated carbocycles. The lowest BCUT2D eigenvalue weighted by Crippen LogP contribution is -2.35. The van der Waals surface area contributed by atoms with Gasteiger partial charge in [0.1, 0.15) is 5.82 Å². The fourth-order valence-electron chi connectivity index (χ4n) is 0.872. The molecule has 0 spiro atoms. The molecule has 0 aliphatic rings. The maximum atomic E-state index is 11.4. The lowest BCUT2D eigenvalue weighted by Gasteiger charge is -2.09. The maximum Gasteiger partial charge on any atom is 0.242 e. The number of carbonyl (C=O) groups is 1. The number of hydrogen-bond donors (Lipinski definition) is 2. The Morgan fingerprint density at radius 1 is 1.79 bits per heavy atom. The van der Waals surface area contributed by atoms with Gasteiger partial charge >= 0.3 is 0 Å². The maximum absolute atomic E-state index is 11.4. The first kappa shape index (κ1) is 11.1. The molecule has 4 nitrogen and oxygen atoms in total. The number of nitrogens with zero attached hydrogens (tertiary/aromatic N) is 1. The molecule has 14 heavy (non-hydrogen) atoms. The molecule has 1 aromatic rings. The van der Waals surface area contributed by atoms with Gasteiger partial charge < -0.3 is 11.1 Å². The number of nitrogens with one attached hydrogen (secondary N) is 1. The summed E-state index contributed by atoms with van der Waals surface area (Å²) in [6.45, 7) is 1.86. The van der Waals surface area contributed by atoms with Crippen LogP contribution in [-0.2, 0) is 4.79 Å². The molecule has 3 N–H and O–H groups in total. The molecule has 1 aromatic heterocycles. The lowest BCUT2D eigenvalue weighted by molar-refractivity contribution is -0.117. The van der Waals surface area contributed by atoms with Crippen LogP contribution in [0.3, 0.4) is 0 Å². The first-order valence-electron chi connectivity index (χ1n) is 4.32. The van der Waals surface area contributed by atoms with Gasteiger partial charge in [-0.15, -0.1) is 0 Å². The SMILES string of the molecule is CC[C@H](N)C(=O)Nc1ncccc1Br. The van der Waals surface area contributed by atoms with Crippen LogP contribution in [0.15, 0.2) is 22.8 Å². The van der Waals surface area contributed by atoms with Crippen LogP contribution in [0.5, 0.6) is 0 Å². The molecule has 5 heteroatoms. The van der Waals surface area contributed by atoms with Gasteiger partial charge in [-0.05, 0) is 34.5 Å². The minimum absolute atomic E-state index is 0.216. The molecule has 0 saturated heterocycles. The van der Waals surface area contributed by atoms with Gasteiger partial charge in [-0.3, -0.25) is 4.79 Å². The van der Waals surface area contributed by atoms with Crippen molar-refractivity contribution in [3.8, 4) is 0 Å². The van der Waals surface area contributed by atoms with Crippen molar-refractivity contribution in [3.05, 3.63) is 22.8 Å². The highest BCUT2D eigenvalue weighted by molar-refractivity contribution is 9.10. The monoisotopic (exact) mass is 257 g/mol. The molecule has 1 heterocycles. The quantitative estimate of drug-likeness (QED) is 0.863. The topological polar surface area (TPSA) is 68.0 Å². The Morgan fingerprint density at radius 3 is 3.07 bits per heavy atom. The van der Waals surface area contributed by atoms with Gasteiger partial charge in [-0.1, -0.05) is 6.92 Å². The summed E-state index contributed by atoms with van der Waals surface area (Å²) < 4.78 is 0.747. The highest BCUT2D eigenvalue weighted by atomic mass is 79.9. The average molecular weight is 258 g/mol. The van der Waals surface area contributed by atoms with E-state index in [2.05, 4.69) is 26.2 Å². The largest absolute Gasteiger partial charge is 0.320 e. The summed E-state index contributed by atoms with van der Waals surface area (Å²) in [6.07, 6.45) is 2.22. The summed E-state index contributed by atoms with van der Waals surface area (Å²) in [4.78, 5) is 15.4. The van der Waals surface area contributed by atoms with Crippen LogP contribution in [-0.4, -0.2) is 16.9 Å². The summed E-state index contributed by atoms with van der Waals surface area (Å²) in [7, 11) is 0. The van der Waals surface area contributed by atoms with E-state index in [0.717, 1.165) is 4.47 Å². The summed E-state index contributed by atoms with van der Waals surface area (Å²) >= 11 is 3.28. The second-order valence-corrected chi connectivity index (χ2v) is 3.69. The number of rotatable bonds is 3. The van der Waals surface area contributed by atoms with Gasteiger partial charge in [-0.2, -0.15) is 0 Å². The van der Waals surface area contributed by atoms with Crippen molar-refractivity contribution in [2.45, 2.75) is 19.4 Å². The highest BCUT2D eigenvalue weighted by Crippen LogP contribution is 2.18. The zero-order chi connectivity index (χ0) is 10.6. The Morgan fingerprint density at radius 2 is 2.50 bits per heavy atom. The highest BCUT2D eigenvalue weighted by Gasteiger charge is 2.12. The number of anilines is 1. The smallest absolute Gasteiger partial charge is 0.242 e. The van der Waals surface area contributed by atoms with Crippen LogP contribution < -0.4 is 11.1 Å². The third-order valence-corrected chi connectivity index (χ3v) is 2.42. The Hall–Kier alpha value is -0.940. The Kier molecular flexibility index (Phi) is 4.03.